The molecule has 1 aromatic carbocycles. The van der Waals surface area contributed by atoms with Crippen LogP contribution in [0.5, 0.6) is 0 Å². The lowest BCUT2D eigenvalue weighted by Crippen LogP contribution is -2.45. The first-order chi connectivity index (χ1) is 9.00. The van der Waals surface area contributed by atoms with Crippen molar-refractivity contribution >= 4 is 17.6 Å². The average molecular weight is 284 g/mol. The second kappa shape index (κ2) is 5.49. The first-order valence-electron chi connectivity index (χ1n) is 6.22. The quantitative estimate of drug-likeness (QED) is 0.832. The minimum atomic E-state index is -0.769. The van der Waals surface area contributed by atoms with Crippen molar-refractivity contribution in [1.82, 2.24) is 5.32 Å². The predicted molar refractivity (Wildman–Crippen MR) is 72.9 cm³/mol. The summed E-state index contributed by atoms with van der Waals surface area (Å²) < 4.78 is 4.83. The summed E-state index contributed by atoms with van der Waals surface area (Å²) >= 11 is 5.99. The van der Waals surface area contributed by atoms with Crippen LogP contribution in [0.25, 0.3) is 0 Å². The maximum atomic E-state index is 11.8. The van der Waals surface area contributed by atoms with E-state index < -0.39 is 5.54 Å². The molecule has 0 bridgehead atoms. The first-order valence-corrected chi connectivity index (χ1v) is 6.60. The van der Waals surface area contributed by atoms with Crippen molar-refractivity contribution in [2.75, 3.05) is 13.7 Å². The zero-order valence-electron chi connectivity index (χ0n) is 11.0. The van der Waals surface area contributed by atoms with E-state index in [1.807, 2.05) is 18.2 Å². The summed E-state index contributed by atoms with van der Waals surface area (Å²) in [4.78, 5) is 11.8. The topological polar surface area (TPSA) is 58.6 Å². The third-order valence-electron chi connectivity index (χ3n) is 3.69. The molecule has 1 aliphatic rings. The van der Waals surface area contributed by atoms with Crippen LogP contribution < -0.4 is 5.32 Å². The number of carbonyl (C=O) groups is 1. The van der Waals surface area contributed by atoms with Crippen LogP contribution in [-0.2, 0) is 9.53 Å². The molecule has 5 heteroatoms. The number of nitrogens with one attached hydrogen (secondary N) is 1. The van der Waals surface area contributed by atoms with Crippen LogP contribution in [0.1, 0.15) is 24.9 Å². The highest BCUT2D eigenvalue weighted by molar-refractivity contribution is 6.30. The maximum absolute atomic E-state index is 11.8. The number of rotatable bonds is 3. The molecule has 1 saturated heterocycles. The highest BCUT2D eigenvalue weighted by Crippen LogP contribution is 2.38. The second-order valence-corrected chi connectivity index (χ2v) is 5.58. The molecule has 0 unspecified atom stereocenters. The van der Waals surface area contributed by atoms with Crippen LogP contribution >= 0.6 is 11.6 Å². The zero-order chi connectivity index (χ0) is 14.0. The standard InChI is InChI=1S/C14H18ClNO3/c1-14(13(18)19-2)7-10(8-17)12(16-14)9-4-3-5-11(15)6-9/h3-6,10,12,16-17H,7-8H2,1-2H3/t10-,12-,14+/m1/s1. The van der Waals surface area contributed by atoms with Gasteiger partial charge in [-0.05, 0) is 31.0 Å². The van der Waals surface area contributed by atoms with Gasteiger partial charge in [0.05, 0.1) is 7.11 Å². The number of benzene rings is 1. The summed E-state index contributed by atoms with van der Waals surface area (Å²) in [7, 11) is 1.37. The van der Waals surface area contributed by atoms with Gasteiger partial charge in [0.2, 0.25) is 0 Å². The van der Waals surface area contributed by atoms with Gasteiger partial charge < -0.3 is 9.84 Å². The van der Waals surface area contributed by atoms with Crippen molar-refractivity contribution in [3.05, 3.63) is 34.9 Å². The van der Waals surface area contributed by atoms with Gasteiger partial charge in [-0.3, -0.25) is 10.1 Å². The van der Waals surface area contributed by atoms with Crippen molar-refractivity contribution in [2.45, 2.75) is 24.9 Å². The molecule has 19 heavy (non-hydrogen) atoms. The molecule has 2 rings (SSSR count). The van der Waals surface area contributed by atoms with Gasteiger partial charge in [-0.25, -0.2) is 0 Å². The number of halogens is 1. The number of carbonyl (C=O) groups excluding carboxylic acids is 1. The Morgan fingerprint density at radius 3 is 2.95 bits per heavy atom. The number of hydrogen-bond acceptors (Lipinski definition) is 4. The van der Waals surface area contributed by atoms with Crippen molar-refractivity contribution in [1.29, 1.82) is 0 Å². The Balaban J connectivity index is 2.28. The Hall–Kier alpha value is -1.10. The van der Waals surface area contributed by atoms with E-state index in [0.29, 0.717) is 11.4 Å². The van der Waals surface area contributed by atoms with Crippen molar-refractivity contribution in [3.63, 3.8) is 0 Å². The maximum Gasteiger partial charge on any atom is 0.325 e. The molecule has 1 fully saturated rings. The number of hydrogen-bond donors (Lipinski definition) is 2. The van der Waals surface area contributed by atoms with E-state index in [2.05, 4.69) is 5.32 Å². The number of esters is 1. The molecule has 1 aliphatic heterocycles. The van der Waals surface area contributed by atoms with Gasteiger partial charge in [-0.1, -0.05) is 23.7 Å². The highest BCUT2D eigenvalue weighted by atomic mass is 35.5. The molecule has 2 N–H and O–H groups in total. The summed E-state index contributed by atoms with van der Waals surface area (Å²) in [5, 5.41) is 13.4. The third kappa shape index (κ3) is 2.76. The Bertz CT molecular complexity index is 480. The smallest absolute Gasteiger partial charge is 0.325 e. The fourth-order valence-corrected chi connectivity index (χ4v) is 2.95. The largest absolute Gasteiger partial charge is 0.468 e. The van der Waals surface area contributed by atoms with E-state index in [0.717, 1.165) is 5.56 Å². The van der Waals surface area contributed by atoms with Gasteiger partial charge in [-0.2, -0.15) is 0 Å². The van der Waals surface area contributed by atoms with E-state index >= 15 is 0 Å². The number of aliphatic hydroxyl groups is 1. The third-order valence-corrected chi connectivity index (χ3v) is 3.93. The molecule has 0 radical (unpaired) electrons. The molecule has 104 valence electrons. The van der Waals surface area contributed by atoms with Gasteiger partial charge >= 0.3 is 5.97 Å². The second-order valence-electron chi connectivity index (χ2n) is 5.15. The normalized spacial score (nSPS) is 30.3. The Morgan fingerprint density at radius 2 is 2.37 bits per heavy atom. The molecular formula is C14H18ClNO3. The van der Waals surface area contributed by atoms with Crippen LogP contribution in [0, 0.1) is 5.92 Å². The van der Waals surface area contributed by atoms with Crippen molar-refractivity contribution in [2.24, 2.45) is 5.92 Å². The Morgan fingerprint density at radius 1 is 1.63 bits per heavy atom. The fraction of sp³-hybridized carbons (Fsp3) is 0.500. The number of methoxy groups -OCH3 is 1. The van der Waals surface area contributed by atoms with E-state index in [1.165, 1.54) is 7.11 Å². The SMILES string of the molecule is COC(=O)[C@]1(C)C[C@H](CO)[C@@H](c2cccc(Cl)c2)N1. The fourth-order valence-electron chi connectivity index (χ4n) is 2.76. The van der Waals surface area contributed by atoms with Crippen LogP contribution in [0.15, 0.2) is 24.3 Å². The number of ether oxygens (including phenoxy) is 1. The van der Waals surface area contributed by atoms with Gasteiger partial charge in [0, 0.05) is 23.6 Å². The molecule has 0 aliphatic carbocycles. The molecule has 1 aromatic rings. The monoisotopic (exact) mass is 283 g/mol. The summed E-state index contributed by atoms with van der Waals surface area (Å²) in [6.45, 7) is 1.81. The van der Waals surface area contributed by atoms with Crippen LogP contribution in [0.2, 0.25) is 5.02 Å². The lowest BCUT2D eigenvalue weighted by molar-refractivity contribution is -0.147. The Kier molecular flexibility index (Phi) is 4.13. The summed E-state index contributed by atoms with van der Waals surface area (Å²) in [6.07, 6.45) is 0.535. The van der Waals surface area contributed by atoms with E-state index in [1.54, 1.807) is 13.0 Å². The van der Waals surface area contributed by atoms with Crippen LogP contribution in [-0.4, -0.2) is 30.3 Å². The molecular weight excluding hydrogens is 266 g/mol. The molecule has 1 heterocycles. The van der Waals surface area contributed by atoms with Crippen LogP contribution in [0.4, 0.5) is 0 Å². The van der Waals surface area contributed by atoms with Gasteiger partial charge in [-0.15, -0.1) is 0 Å². The van der Waals surface area contributed by atoms with Gasteiger partial charge in [0.15, 0.2) is 0 Å². The molecule has 3 atom stereocenters. The first kappa shape index (κ1) is 14.3. The van der Waals surface area contributed by atoms with E-state index in [9.17, 15) is 9.90 Å². The molecule has 0 aromatic heterocycles. The summed E-state index contributed by atoms with van der Waals surface area (Å²) in [6, 6.07) is 7.35. The van der Waals surface area contributed by atoms with Crippen molar-refractivity contribution in [3.8, 4) is 0 Å². The minimum absolute atomic E-state index is 0.0107. The lowest BCUT2D eigenvalue weighted by atomic mass is 9.91. The van der Waals surface area contributed by atoms with Crippen molar-refractivity contribution < 1.29 is 14.6 Å². The molecule has 0 saturated carbocycles. The Labute approximate surface area is 117 Å². The summed E-state index contributed by atoms with van der Waals surface area (Å²) in [5.41, 5.74) is 0.203. The van der Waals surface area contributed by atoms with Crippen LogP contribution in [0.3, 0.4) is 0 Å². The van der Waals surface area contributed by atoms with E-state index in [4.69, 9.17) is 16.3 Å². The molecule has 0 spiro atoms. The molecule has 4 nitrogen and oxygen atoms in total. The average Bonchev–Trinajstić information content (AvgIpc) is 2.76. The minimum Gasteiger partial charge on any atom is -0.468 e. The highest BCUT2D eigenvalue weighted by Gasteiger charge is 2.47. The molecule has 0 amide bonds. The van der Waals surface area contributed by atoms with Gasteiger partial charge in [0.25, 0.3) is 0 Å². The van der Waals surface area contributed by atoms with Gasteiger partial charge in [0.1, 0.15) is 5.54 Å². The predicted octanol–water partition coefficient (Wildman–Crippen LogP) is 1.91. The summed E-state index contributed by atoms with van der Waals surface area (Å²) in [5.74, 6) is -0.349. The van der Waals surface area contributed by atoms with E-state index in [-0.39, 0.29) is 24.5 Å². The zero-order valence-corrected chi connectivity index (χ0v) is 11.8. The number of aliphatic hydroxyl groups excluding tert-OH is 1. The lowest BCUT2D eigenvalue weighted by Gasteiger charge is -2.23.